The van der Waals surface area contributed by atoms with Gasteiger partial charge in [-0.15, -0.1) is 0 Å². The molecule has 1 unspecified atom stereocenters. The van der Waals surface area contributed by atoms with Gasteiger partial charge in [0, 0.05) is 25.8 Å². The van der Waals surface area contributed by atoms with Crippen LogP contribution in [0.3, 0.4) is 0 Å². The lowest BCUT2D eigenvalue weighted by Crippen LogP contribution is -2.21. The van der Waals surface area contributed by atoms with Crippen LogP contribution in [-0.4, -0.2) is 17.3 Å². The highest BCUT2D eigenvalue weighted by molar-refractivity contribution is 5.56. The van der Waals surface area contributed by atoms with Gasteiger partial charge in [0.25, 0.3) is 5.89 Å². The second-order valence-corrected chi connectivity index (χ2v) is 6.53. The zero-order valence-corrected chi connectivity index (χ0v) is 12.9. The van der Waals surface area contributed by atoms with Gasteiger partial charge in [-0.25, -0.2) is 0 Å². The number of benzene rings is 1. The Morgan fingerprint density at radius 3 is 2.71 bits per heavy atom. The maximum atomic E-state index is 5.53. The van der Waals surface area contributed by atoms with E-state index in [1.807, 2.05) is 6.07 Å². The Balaban J connectivity index is 1.91. The van der Waals surface area contributed by atoms with E-state index in [4.69, 9.17) is 9.26 Å². The maximum absolute atomic E-state index is 5.53. The molecule has 1 aromatic carbocycles. The number of methoxy groups -OCH3 is 1. The standard InChI is InChI=1S/C16H21N3O2/c1-16(2,3)13(20-4)14-18-15(21-19-14)10-5-6-11-8-17-9-12(11)7-10/h5-7,13,17H,8-9H2,1-4H3. The number of hydrogen-bond donors (Lipinski definition) is 1. The van der Waals surface area contributed by atoms with Crippen LogP contribution in [0, 0.1) is 5.41 Å². The third kappa shape index (κ3) is 2.71. The van der Waals surface area contributed by atoms with Gasteiger partial charge in [-0.05, 0) is 28.7 Å². The average Bonchev–Trinajstić information content (AvgIpc) is 3.05. The first-order chi connectivity index (χ1) is 9.99. The molecule has 0 saturated carbocycles. The largest absolute Gasteiger partial charge is 0.373 e. The van der Waals surface area contributed by atoms with Crippen molar-refractivity contribution < 1.29 is 9.26 Å². The molecule has 5 nitrogen and oxygen atoms in total. The summed E-state index contributed by atoms with van der Waals surface area (Å²) in [6, 6.07) is 6.26. The molecule has 1 aliphatic heterocycles. The van der Waals surface area contributed by atoms with Gasteiger partial charge in [-0.1, -0.05) is 32.0 Å². The van der Waals surface area contributed by atoms with Gasteiger partial charge in [0.15, 0.2) is 0 Å². The lowest BCUT2D eigenvalue weighted by molar-refractivity contribution is 0.00718. The normalized spacial score (nSPS) is 16.0. The Labute approximate surface area is 124 Å². The summed E-state index contributed by atoms with van der Waals surface area (Å²) in [7, 11) is 1.67. The van der Waals surface area contributed by atoms with E-state index in [-0.39, 0.29) is 11.5 Å². The number of rotatable bonds is 3. The van der Waals surface area contributed by atoms with Gasteiger partial charge in [-0.3, -0.25) is 0 Å². The molecule has 21 heavy (non-hydrogen) atoms. The molecule has 3 rings (SSSR count). The van der Waals surface area contributed by atoms with Crippen LogP contribution in [0.2, 0.25) is 0 Å². The number of fused-ring (bicyclic) bond motifs is 1. The van der Waals surface area contributed by atoms with Crippen LogP contribution >= 0.6 is 0 Å². The zero-order chi connectivity index (χ0) is 15.0. The predicted molar refractivity (Wildman–Crippen MR) is 79.5 cm³/mol. The summed E-state index contributed by atoms with van der Waals surface area (Å²) in [4.78, 5) is 4.52. The van der Waals surface area contributed by atoms with Crippen molar-refractivity contribution in [1.29, 1.82) is 0 Å². The third-order valence-electron chi connectivity index (χ3n) is 3.78. The molecule has 2 aromatic rings. The minimum Gasteiger partial charge on any atom is -0.373 e. The van der Waals surface area contributed by atoms with Crippen molar-refractivity contribution in [3.8, 4) is 11.5 Å². The number of ether oxygens (including phenoxy) is 1. The fourth-order valence-electron chi connectivity index (χ4n) is 2.73. The lowest BCUT2D eigenvalue weighted by atomic mass is 9.88. The van der Waals surface area contributed by atoms with Gasteiger partial charge in [0.2, 0.25) is 5.82 Å². The van der Waals surface area contributed by atoms with Crippen LogP contribution < -0.4 is 5.32 Å². The van der Waals surface area contributed by atoms with Gasteiger partial charge < -0.3 is 14.6 Å². The summed E-state index contributed by atoms with van der Waals surface area (Å²) in [5, 5.41) is 7.43. The minimum absolute atomic E-state index is 0.0856. The number of nitrogens with one attached hydrogen (secondary N) is 1. The van der Waals surface area contributed by atoms with E-state index in [0.717, 1.165) is 18.7 Å². The van der Waals surface area contributed by atoms with E-state index in [2.05, 4.69) is 48.4 Å². The van der Waals surface area contributed by atoms with Gasteiger partial charge in [-0.2, -0.15) is 4.98 Å². The first-order valence-corrected chi connectivity index (χ1v) is 7.18. The average molecular weight is 287 g/mol. The van der Waals surface area contributed by atoms with Crippen molar-refractivity contribution in [3.63, 3.8) is 0 Å². The van der Waals surface area contributed by atoms with Crippen molar-refractivity contribution in [2.45, 2.75) is 40.0 Å². The summed E-state index contributed by atoms with van der Waals surface area (Å²) in [5.74, 6) is 1.14. The zero-order valence-electron chi connectivity index (χ0n) is 12.9. The van der Waals surface area contributed by atoms with Crippen molar-refractivity contribution in [2.24, 2.45) is 5.41 Å². The van der Waals surface area contributed by atoms with Crippen LogP contribution in [0.4, 0.5) is 0 Å². The topological polar surface area (TPSA) is 60.2 Å². The molecule has 1 N–H and O–H groups in total. The maximum Gasteiger partial charge on any atom is 0.258 e. The first-order valence-electron chi connectivity index (χ1n) is 7.18. The lowest BCUT2D eigenvalue weighted by Gasteiger charge is -2.26. The van der Waals surface area contributed by atoms with Crippen LogP contribution in [0.15, 0.2) is 22.7 Å². The fourth-order valence-corrected chi connectivity index (χ4v) is 2.73. The minimum atomic E-state index is -0.189. The molecule has 0 saturated heterocycles. The van der Waals surface area contributed by atoms with Gasteiger partial charge >= 0.3 is 0 Å². The van der Waals surface area contributed by atoms with Crippen LogP contribution in [-0.2, 0) is 17.8 Å². The van der Waals surface area contributed by atoms with Crippen molar-refractivity contribution >= 4 is 0 Å². The van der Waals surface area contributed by atoms with E-state index >= 15 is 0 Å². The van der Waals surface area contributed by atoms with Gasteiger partial charge in [0.05, 0.1) is 0 Å². The highest BCUT2D eigenvalue weighted by Crippen LogP contribution is 2.35. The monoisotopic (exact) mass is 287 g/mol. The van der Waals surface area contributed by atoms with Crippen LogP contribution in [0.1, 0.15) is 43.8 Å². The van der Waals surface area contributed by atoms with E-state index in [9.17, 15) is 0 Å². The number of aromatic nitrogens is 2. The molecular formula is C16H21N3O2. The number of nitrogens with zero attached hydrogens (tertiary/aromatic N) is 2. The predicted octanol–water partition coefficient (Wildman–Crippen LogP) is 3.07. The molecule has 0 bridgehead atoms. The second-order valence-electron chi connectivity index (χ2n) is 6.53. The van der Waals surface area contributed by atoms with E-state index in [0.29, 0.717) is 11.7 Å². The molecule has 0 radical (unpaired) electrons. The molecule has 1 aromatic heterocycles. The molecule has 1 aliphatic rings. The molecular weight excluding hydrogens is 266 g/mol. The van der Waals surface area contributed by atoms with Crippen molar-refractivity contribution in [1.82, 2.24) is 15.5 Å². The first kappa shape index (κ1) is 14.2. The van der Waals surface area contributed by atoms with E-state index < -0.39 is 0 Å². The summed E-state index contributed by atoms with van der Waals surface area (Å²) in [6.45, 7) is 8.11. The molecule has 5 heteroatoms. The second kappa shape index (κ2) is 5.24. The summed E-state index contributed by atoms with van der Waals surface area (Å²) in [6.07, 6.45) is -0.189. The summed E-state index contributed by atoms with van der Waals surface area (Å²) >= 11 is 0. The Bertz CT molecular complexity index is 643. The quantitative estimate of drug-likeness (QED) is 0.940. The molecule has 1 atom stereocenters. The molecule has 112 valence electrons. The smallest absolute Gasteiger partial charge is 0.258 e. The van der Waals surface area contributed by atoms with Crippen molar-refractivity contribution in [2.75, 3.05) is 7.11 Å². The highest BCUT2D eigenvalue weighted by Gasteiger charge is 2.30. The molecule has 0 amide bonds. The Hall–Kier alpha value is -1.72. The van der Waals surface area contributed by atoms with Crippen LogP contribution in [0.25, 0.3) is 11.5 Å². The molecule has 2 heterocycles. The molecule has 0 spiro atoms. The van der Waals surface area contributed by atoms with E-state index in [1.165, 1.54) is 11.1 Å². The summed E-state index contributed by atoms with van der Waals surface area (Å²) < 4.78 is 11.0. The van der Waals surface area contributed by atoms with E-state index in [1.54, 1.807) is 7.11 Å². The SMILES string of the molecule is COC(c1noc(-c2ccc3c(c2)CNC3)n1)C(C)(C)C. The third-order valence-corrected chi connectivity index (χ3v) is 3.78. The van der Waals surface area contributed by atoms with Crippen molar-refractivity contribution in [3.05, 3.63) is 35.2 Å². The fraction of sp³-hybridized carbons (Fsp3) is 0.500. The highest BCUT2D eigenvalue weighted by atomic mass is 16.5. The Morgan fingerprint density at radius 2 is 2.00 bits per heavy atom. The van der Waals surface area contributed by atoms with Crippen LogP contribution in [0.5, 0.6) is 0 Å². The Morgan fingerprint density at radius 1 is 1.24 bits per heavy atom. The van der Waals surface area contributed by atoms with Gasteiger partial charge in [0.1, 0.15) is 6.10 Å². The molecule has 0 fully saturated rings. The Kier molecular flexibility index (Phi) is 3.55. The number of hydrogen-bond acceptors (Lipinski definition) is 5. The molecule has 0 aliphatic carbocycles. The summed E-state index contributed by atoms with van der Waals surface area (Å²) in [5.41, 5.74) is 3.51.